The Hall–Kier alpha value is -3.09. The number of ether oxygens (including phenoxy) is 1. The third-order valence-corrected chi connectivity index (χ3v) is 2.63. The average Bonchev–Trinajstić information content (AvgIpc) is 2.98. The fourth-order valence-electron chi connectivity index (χ4n) is 1.62. The van der Waals surface area contributed by atoms with Crippen LogP contribution in [0.4, 0.5) is 0 Å². The minimum absolute atomic E-state index is 0.0374. The molecule has 106 valence electrons. The SMILES string of the molecule is O=c1cc(COc2nnc(-c3ccccc3)o2)occ1O. The number of benzene rings is 1. The molecule has 0 amide bonds. The quantitative estimate of drug-likeness (QED) is 0.782. The molecular weight excluding hydrogens is 276 g/mol. The van der Waals surface area contributed by atoms with Crippen molar-refractivity contribution in [2.24, 2.45) is 0 Å². The van der Waals surface area contributed by atoms with E-state index in [9.17, 15) is 4.79 Å². The van der Waals surface area contributed by atoms with E-state index in [2.05, 4.69) is 10.2 Å². The Morgan fingerprint density at radius 3 is 2.76 bits per heavy atom. The van der Waals surface area contributed by atoms with Crippen LogP contribution in [0.2, 0.25) is 0 Å². The highest BCUT2D eigenvalue weighted by molar-refractivity contribution is 5.51. The molecule has 21 heavy (non-hydrogen) atoms. The van der Waals surface area contributed by atoms with E-state index in [-0.39, 0.29) is 18.4 Å². The zero-order valence-electron chi connectivity index (χ0n) is 10.7. The molecule has 0 saturated carbocycles. The molecule has 2 aromatic heterocycles. The van der Waals surface area contributed by atoms with Crippen molar-refractivity contribution in [2.45, 2.75) is 6.61 Å². The number of rotatable bonds is 4. The Bertz CT molecular complexity index is 794. The molecule has 2 heterocycles. The van der Waals surface area contributed by atoms with Gasteiger partial charge in [0, 0.05) is 11.6 Å². The van der Waals surface area contributed by atoms with Crippen LogP contribution in [0, 0.1) is 0 Å². The van der Waals surface area contributed by atoms with Crippen LogP contribution in [0.25, 0.3) is 11.5 Å². The number of hydrogen-bond acceptors (Lipinski definition) is 7. The summed E-state index contributed by atoms with van der Waals surface area (Å²) in [7, 11) is 0. The van der Waals surface area contributed by atoms with E-state index in [0.29, 0.717) is 5.89 Å². The lowest BCUT2D eigenvalue weighted by molar-refractivity contribution is 0.199. The summed E-state index contributed by atoms with van der Waals surface area (Å²) in [6, 6.07) is 10.4. The zero-order chi connectivity index (χ0) is 14.7. The van der Waals surface area contributed by atoms with Crippen molar-refractivity contribution in [1.82, 2.24) is 10.2 Å². The fraction of sp³-hybridized carbons (Fsp3) is 0.0714. The molecule has 7 nitrogen and oxygen atoms in total. The number of hydrogen-bond donors (Lipinski definition) is 1. The molecule has 0 saturated heterocycles. The summed E-state index contributed by atoms with van der Waals surface area (Å²) in [4.78, 5) is 11.2. The first kappa shape index (κ1) is 12.9. The first-order valence-corrected chi connectivity index (χ1v) is 6.05. The minimum atomic E-state index is -0.546. The molecule has 1 N–H and O–H groups in total. The van der Waals surface area contributed by atoms with E-state index in [1.807, 2.05) is 30.3 Å². The van der Waals surface area contributed by atoms with Crippen LogP contribution in [0.15, 0.2) is 56.3 Å². The van der Waals surface area contributed by atoms with Crippen molar-refractivity contribution in [3.05, 3.63) is 58.6 Å². The highest BCUT2D eigenvalue weighted by Crippen LogP contribution is 2.20. The Morgan fingerprint density at radius 2 is 2.00 bits per heavy atom. The maximum absolute atomic E-state index is 11.2. The zero-order valence-corrected chi connectivity index (χ0v) is 10.7. The predicted molar refractivity (Wildman–Crippen MR) is 70.7 cm³/mol. The molecule has 0 atom stereocenters. The molecule has 3 rings (SSSR count). The number of aromatic hydroxyl groups is 1. The summed E-state index contributed by atoms with van der Waals surface area (Å²) < 4.78 is 15.6. The van der Waals surface area contributed by atoms with Crippen LogP contribution in [0.1, 0.15) is 5.76 Å². The highest BCUT2D eigenvalue weighted by atomic mass is 16.6. The summed E-state index contributed by atoms with van der Waals surface area (Å²) in [5, 5.41) is 16.7. The van der Waals surface area contributed by atoms with Crippen molar-refractivity contribution in [3.8, 4) is 23.3 Å². The van der Waals surface area contributed by atoms with Gasteiger partial charge in [0.15, 0.2) is 12.4 Å². The summed E-state index contributed by atoms with van der Waals surface area (Å²) in [6.45, 7) is -0.0635. The standard InChI is InChI=1S/C14H10N2O5/c17-11-6-10(19-8-12(11)18)7-20-14-16-15-13(21-14)9-4-2-1-3-5-9/h1-6,8,18H,7H2. The molecule has 0 aliphatic heterocycles. The van der Waals surface area contributed by atoms with Crippen molar-refractivity contribution < 1.29 is 18.7 Å². The van der Waals surface area contributed by atoms with Gasteiger partial charge < -0.3 is 18.7 Å². The van der Waals surface area contributed by atoms with E-state index < -0.39 is 11.2 Å². The minimum Gasteiger partial charge on any atom is -0.502 e. The molecule has 3 aromatic rings. The van der Waals surface area contributed by atoms with Gasteiger partial charge in [0.2, 0.25) is 5.43 Å². The molecule has 0 bridgehead atoms. The second-order valence-electron chi connectivity index (χ2n) is 4.12. The maximum atomic E-state index is 11.2. The van der Waals surface area contributed by atoms with Gasteiger partial charge in [-0.1, -0.05) is 23.3 Å². The van der Waals surface area contributed by atoms with Gasteiger partial charge in [-0.05, 0) is 12.1 Å². The third kappa shape index (κ3) is 2.92. The summed E-state index contributed by atoms with van der Waals surface area (Å²) in [5.74, 6) is 0.109. The number of nitrogens with zero attached hydrogens (tertiary/aromatic N) is 2. The number of aromatic nitrogens is 2. The predicted octanol–water partition coefficient (Wildman–Crippen LogP) is 1.97. The lowest BCUT2D eigenvalue weighted by Crippen LogP contribution is -2.03. The van der Waals surface area contributed by atoms with Gasteiger partial charge in [-0.15, -0.1) is 5.10 Å². The molecule has 0 aliphatic rings. The van der Waals surface area contributed by atoms with Crippen molar-refractivity contribution in [2.75, 3.05) is 0 Å². The summed E-state index contributed by atoms with van der Waals surface area (Å²) in [5.41, 5.74) is 0.228. The third-order valence-electron chi connectivity index (χ3n) is 2.63. The van der Waals surface area contributed by atoms with Gasteiger partial charge in [-0.3, -0.25) is 4.79 Å². The van der Waals surface area contributed by atoms with Gasteiger partial charge in [0.1, 0.15) is 12.0 Å². The van der Waals surface area contributed by atoms with Crippen molar-refractivity contribution in [1.29, 1.82) is 0 Å². The van der Waals surface area contributed by atoms with Gasteiger partial charge in [-0.2, -0.15) is 0 Å². The fourth-order valence-corrected chi connectivity index (χ4v) is 1.62. The molecule has 1 aromatic carbocycles. The van der Waals surface area contributed by atoms with Crippen LogP contribution < -0.4 is 10.2 Å². The van der Waals surface area contributed by atoms with Crippen molar-refractivity contribution >= 4 is 0 Å². The molecular formula is C14H10N2O5. The molecule has 0 spiro atoms. The molecule has 0 radical (unpaired) electrons. The van der Waals surface area contributed by atoms with Crippen LogP contribution in [0.5, 0.6) is 11.8 Å². The molecule has 7 heteroatoms. The van der Waals surface area contributed by atoms with Gasteiger partial charge in [0.25, 0.3) is 5.89 Å². The van der Waals surface area contributed by atoms with Gasteiger partial charge in [-0.25, -0.2) is 0 Å². The highest BCUT2D eigenvalue weighted by Gasteiger charge is 2.10. The Morgan fingerprint density at radius 1 is 1.19 bits per heavy atom. The Kier molecular flexibility index (Phi) is 3.38. The van der Waals surface area contributed by atoms with E-state index in [0.717, 1.165) is 17.9 Å². The lowest BCUT2D eigenvalue weighted by Gasteiger charge is -1.99. The lowest BCUT2D eigenvalue weighted by atomic mass is 10.2. The smallest absolute Gasteiger partial charge is 0.415 e. The maximum Gasteiger partial charge on any atom is 0.415 e. The second kappa shape index (κ2) is 5.49. The summed E-state index contributed by atoms with van der Waals surface area (Å²) >= 11 is 0. The van der Waals surface area contributed by atoms with Crippen LogP contribution in [0.3, 0.4) is 0 Å². The average molecular weight is 286 g/mol. The Balaban J connectivity index is 1.70. The van der Waals surface area contributed by atoms with Crippen LogP contribution in [-0.2, 0) is 6.61 Å². The normalized spacial score (nSPS) is 10.5. The second-order valence-corrected chi connectivity index (χ2v) is 4.12. The first-order chi connectivity index (χ1) is 10.2. The molecule has 0 aliphatic carbocycles. The monoisotopic (exact) mass is 286 g/mol. The largest absolute Gasteiger partial charge is 0.502 e. The van der Waals surface area contributed by atoms with E-state index in [1.54, 1.807) is 0 Å². The van der Waals surface area contributed by atoms with Crippen molar-refractivity contribution in [3.63, 3.8) is 0 Å². The first-order valence-electron chi connectivity index (χ1n) is 6.05. The molecule has 0 unspecified atom stereocenters. The topological polar surface area (TPSA) is 98.6 Å². The Labute approximate surface area is 118 Å². The van der Waals surface area contributed by atoms with Crippen LogP contribution in [-0.4, -0.2) is 15.3 Å². The van der Waals surface area contributed by atoms with E-state index >= 15 is 0 Å². The molecule has 0 fully saturated rings. The van der Waals surface area contributed by atoms with E-state index in [1.165, 1.54) is 0 Å². The van der Waals surface area contributed by atoms with Crippen LogP contribution >= 0.6 is 0 Å². The summed E-state index contributed by atoms with van der Waals surface area (Å²) in [6.07, 6.45) is 0.911. The van der Waals surface area contributed by atoms with Gasteiger partial charge >= 0.3 is 6.08 Å². The van der Waals surface area contributed by atoms with Gasteiger partial charge in [0.05, 0.1) is 0 Å². The van der Waals surface area contributed by atoms with E-state index in [4.69, 9.17) is 18.7 Å².